The van der Waals surface area contributed by atoms with Crippen LogP contribution in [0.25, 0.3) is 0 Å². The summed E-state index contributed by atoms with van der Waals surface area (Å²) in [6.07, 6.45) is 10.9. The van der Waals surface area contributed by atoms with Gasteiger partial charge in [0.05, 0.1) is 6.54 Å². The van der Waals surface area contributed by atoms with Crippen molar-refractivity contribution in [2.24, 2.45) is 10.9 Å². The summed E-state index contributed by atoms with van der Waals surface area (Å²) >= 11 is 0. The third-order valence-corrected chi connectivity index (χ3v) is 2.34. The van der Waals surface area contributed by atoms with Crippen LogP contribution in [0.4, 0.5) is 0 Å². The molecule has 1 heteroatoms. The highest BCUT2D eigenvalue weighted by molar-refractivity contribution is 5.59. The summed E-state index contributed by atoms with van der Waals surface area (Å²) in [6, 6.07) is 0. The van der Waals surface area contributed by atoms with Crippen LogP contribution in [0.5, 0.6) is 0 Å². The van der Waals surface area contributed by atoms with E-state index >= 15 is 0 Å². The predicted octanol–water partition coefficient (Wildman–Crippen LogP) is 2.99. The molecule has 0 aromatic heterocycles. The van der Waals surface area contributed by atoms with E-state index in [1.54, 1.807) is 0 Å². The van der Waals surface area contributed by atoms with Crippen LogP contribution in [0.2, 0.25) is 0 Å². The second-order valence-electron chi connectivity index (χ2n) is 3.08. The highest BCUT2D eigenvalue weighted by Crippen LogP contribution is 2.20. The zero-order valence-corrected chi connectivity index (χ0v) is 7.96. The first-order valence-corrected chi connectivity index (χ1v) is 4.69. The van der Waals surface area contributed by atoms with Gasteiger partial charge in [-0.3, -0.25) is 4.99 Å². The van der Waals surface area contributed by atoms with Crippen molar-refractivity contribution in [1.29, 1.82) is 0 Å². The largest absolute Gasteiger partial charge is 0.293 e. The van der Waals surface area contributed by atoms with Gasteiger partial charge in [-0.25, -0.2) is 0 Å². The van der Waals surface area contributed by atoms with Gasteiger partial charge < -0.3 is 0 Å². The summed E-state index contributed by atoms with van der Waals surface area (Å²) in [7, 11) is 0. The summed E-state index contributed by atoms with van der Waals surface area (Å²) in [5, 5.41) is 0. The van der Waals surface area contributed by atoms with Crippen LogP contribution in [0.1, 0.15) is 26.7 Å². The zero-order valence-electron chi connectivity index (χ0n) is 7.96. The Kier molecular flexibility index (Phi) is 3.78. The molecule has 1 aliphatic rings. The van der Waals surface area contributed by atoms with Crippen LogP contribution in [0.3, 0.4) is 0 Å². The number of nitrogens with zero attached hydrogens (tertiary/aromatic N) is 1. The van der Waals surface area contributed by atoms with Gasteiger partial charge in [0.2, 0.25) is 0 Å². The lowest BCUT2D eigenvalue weighted by atomic mass is 9.92. The topological polar surface area (TPSA) is 12.4 Å². The SMILES string of the molecule is C/C=C1\C=C/CN=CCC1CC. The number of aliphatic imine (C=N–C) groups is 1. The van der Waals surface area contributed by atoms with E-state index in [-0.39, 0.29) is 0 Å². The summed E-state index contributed by atoms with van der Waals surface area (Å²) < 4.78 is 0. The van der Waals surface area contributed by atoms with Crippen molar-refractivity contribution in [3.8, 4) is 0 Å². The van der Waals surface area contributed by atoms with Crippen molar-refractivity contribution >= 4 is 6.21 Å². The molecular weight excluding hydrogens is 146 g/mol. The van der Waals surface area contributed by atoms with Gasteiger partial charge in [0.25, 0.3) is 0 Å². The van der Waals surface area contributed by atoms with Crippen molar-refractivity contribution < 1.29 is 0 Å². The van der Waals surface area contributed by atoms with E-state index in [1.165, 1.54) is 12.0 Å². The Hall–Kier alpha value is -0.850. The lowest BCUT2D eigenvalue weighted by Crippen LogP contribution is -2.04. The van der Waals surface area contributed by atoms with E-state index in [9.17, 15) is 0 Å². The average molecular weight is 163 g/mol. The van der Waals surface area contributed by atoms with Crippen LogP contribution in [-0.4, -0.2) is 12.8 Å². The molecule has 0 bridgehead atoms. The Morgan fingerprint density at radius 1 is 1.67 bits per heavy atom. The predicted molar refractivity (Wildman–Crippen MR) is 54.7 cm³/mol. The maximum atomic E-state index is 4.26. The Balaban J connectivity index is 2.74. The van der Waals surface area contributed by atoms with Gasteiger partial charge in [-0.05, 0) is 37.5 Å². The lowest BCUT2D eigenvalue weighted by molar-refractivity contribution is 0.631. The molecule has 0 aliphatic carbocycles. The second-order valence-corrected chi connectivity index (χ2v) is 3.08. The van der Waals surface area contributed by atoms with Gasteiger partial charge in [-0.15, -0.1) is 0 Å². The van der Waals surface area contributed by atoms with Crippen LogP contribution in [-0.2, 0) is 0 Å². The first-order valence-electron chi connectivity index (χ1n) is 4.69. The summed E-state index contributed by atoms with van der Waals surface area (Å²) in [5.74, 6) is 0.676. The van der Waals surface area contributed by atoms with Crippen LogP contribution in [0, 0.1) is 5.92 Å². The normalized spacial score (nSPS) is 29.8. The number of hydrogen-bond acceptors (Lipinski definition) is 1. The van der Waals surface area contributed by atoms with E-state index < -0.39 is 0 Å². The molecule has 0 spiro atoms. The van der Waals surface area contributed by atoms with Gasteiger partial charge >= 0.3 is 0 Å². The number of allylic oxidation sites excluding steroid dienone is 3. The molecule has 66 valence electrons. The van der Waals surface area contributed by atoms with Gasteiger partial charge in [-0.2, -0.15) is 0 Å². The Morgan fingerprint density at radius 3 is 3.17 bits per heavy atom. The number of rotatable bonds is 1. The first-order chi connectivity index (χ1) is 5.88. The fourth-order valence-corrected chi connectivity index (χ4v) is 1.53. The van der Waals surface area contributed by atoms with Crippen LogP contribution < -0.4 is 0 Å². The van der Waals surface area contributed by atoms with Crippen molar-refractivity contribution in [3.63, 3.8) is 0 Å². The second kappa shape index (κ2) is 4.91. The molecule has 0 aromatic carbocycles. The molecule has 0 amide bonds. The molecule has 12 heavy (non-hydrogen) atoms. The smallest absolute Gasteiger partial charge is 0.0569 e. The molecule has 1 aliphatic heterocycles. The molecule has 0 radical (unpaired) electrons. The van der Waals surface area contributed by atoms with Crippen molar-refractivity contribution in [2.75, 3.05) is 6.54 Å². The van der Waals surface area contributed by atoms with Crippen molar-refractivity contribution in [1.82, 2.24) is 0 Å². The third kappa shape index (κ3) is 2.33. The Labute approximate surface area is 74.9 Å². The summed E-state index contributed by atoms with van der Waals surface area (Å²) in [5.41, 5.74) is 1.46. The van der Waals surface area contributed by atoms with E-state index in [0.29, 0.717) is 5.92 Å². The standard InChI is InChI=1S/C11H17N/c1-3-10-6-5-8-12-9-7-11(10)4-2/h3,5-6,9,11H,4,7-8H2,1-2H3/b6-5-,10-3+,12-9?. The third-order valence-electron chi connectivity index (χ3n) is 2.34. The quantitative estimate of drug-likeness (QED) is 0.563. The fourth-order valence-electron chi connectivity index (χ4n) is 1.53. The highest BCUT2D eigenvalue weighted by atomic mass is 14.7. The molecule has 1 heterocycles. The van der Waals surface area contributed by atoms with Gasteiger partial charge in [-0.1, -0.05) is 25.2 Å². The molecule has 0 saturated heterocycles. The monoisotopic (exact) mass is 163 g/mol. The molecule has 1 rings (SSSR count). The fraction of sp³-hybridized carbons (Fsp3) is 0.545. The van der Waals surface area contributed by atoms with Crippen LogP contribution in [0.15, 0.2) is 28.8 Å². The van der Waals surface area contributed by atoms with E-state index in [4.69, 9.17) is 0 Å². The molecule has 0 fully saturated rings. The molecular formula is C11H17N. The Bertz CT molecular complexity index is 211. The Morgan fingerprint density at radius 2 is 2.50 bits per heavy atom. The van der Waals surface area contributed by atoms with E-state index in [2.05, 4.69) is 43.3 Å². The molecule has 1 unspecified atom stereocenters. The van der Waals surface area contributed by atoms with E-state index in [1.807, 2.05) is 0 Å². The van der Waals surface area contributed by atoms with Crippen molar-refractivity contribution in [3.05, 3.63) is 23.8 Å². The lowest BCUT2D eigenvalue weighted by Gasteiger charge is -2.14. The van der Waals surface area contributed by atoms with Crippen LogP contribution >= 0.6 is 0 Å². The summed E-state index contributed by atoms with van der Waals surface area (Å²) in [4.78, 5) is 4.26. The van der Waals surface area contributed by atoms with Crippen molar-refractivity contribution in [2.45, 2.75) is 26.7 Å². The first kappa shape index (κ1) is 9.24. The summed E-state index contributed by atoms with van der Waals surface area (Å²) in [6.45, 7) is 5.19. The van der Waals surface area contributed by atoms with Gasteiger partial charge in [0, 0.05) is 0 Å². The minimum atomic E-state index is 0.676. The highest BCUT2D eigenvalue weighted by Gasteiger charge is 2.08. The molecule has 1 atom stereocenters. The van der Waals surface area contributed by atoms with E-state index in [0.717, 1.165) is 13.0 Å². The molecule has 0 aromatic rings. The molecule has 1 nitrogen and oxygen atoms in total. The molecule has 0 saturated carbocycles. The maximum absolute atomic E-state index is 4.26. The molecule has 0 N–H and O–H groups in total. The maximum Gasteiger partial charge on any atom is 0.0569 e. The number of hydrogen-bond donors (Lipinski definition) is 0. The zero-order chi connectivity index (χ0) is 8.81. The average Bonchev–Trinajstić information content (AvgIpc) is 2.05. The minimum Gasteiger partial charge on any atom is -0.293 e. The van der Waals surface area contributed by atoms with Gasteiger partial charge in [0.15, 0.2) is 0 Å². The minimum absolute atomic E-state index is 0.676. The van der Waals surface area contributed by atoms with Gasteiger partial charge in [0.1, 0.15) is 0 Å².